The fourth-order valence-electron chi connectivity index (χ4n) is 6.50. The van der Waals surface area contributed by atoms with Crippen LogP contribution in [0.1, 0.15) is 97.3 Å². The molecule has 0 amide bonds. The van der Waals surface area contributed by atoms with Gasteiger partial charge in [0.2, 0.25) is 0 Å². The molecule has 6 unspecified atom stereocenters. The van der Waals surface area contributed by atoms with Gasteiger partial charge in [0.05, 0.1) is 0 Å². The normalized spacial score (nSPS) is 46.0. The van der Waals surface area contributed by atoms with Crippen molar-refractivity contribution < 1.29 is 0 Å². The van der Waals surface area contributed by atoms with Crippen LogP contribution < -0.4 is 0 Å². The Morgan fingerprint density at radius 2 is 0.714 bits per heavy atom. The van der Waals surface area contributed by atoms with E-state index in [9.17, 15) is 0 Å². The molecule has 6 atom stereocenters. The van der Waals surface area contributed by atoms with Gasteiger partial charge in [0, 0.05) is 0 Å². The topological polar surface area (TPSA) is 0 Å². The quantitative estimate of drug-likeness (QED) is 0.458. The molecular weight excluding hydrogens is 252 g/mol. The first-order valence-electron chi connectivity index (χ1n) is 10.4. The maximum absolute atomic E-state index is 2.00. The molecule has 0 radical (unpaired) electrons. The molecule has 4 fully saturated rings. The van der Waals surface area contributed by atoms with Gasteiger partial charge in [0.25, 0.3) is 0 Å². The minimum Gasteiger partial charge on any atom is -0.0683 e. The Bertz CT molecular complexity index is 305. The van der Waals surface area contributed by atoms with Gasteiger partial charge in [-0.15, -0.1) is 0 Å². The number of rotatable bonds is 0. The van der Waals surface area contributed by atoms with Gasteiger partial charge in [-0.2, -0.15) is 0 Å². The van der Waals surface area contributed by atoms with Gasteiger partial charge in [0.15, 0.2) is 0 Å². The standard InChI is InChI=1S/C19H32.C2H6/c1-2-6-15-12-19-13-17-8-4-3-7-16(17)11-18(19)10-9-14(15)5-1;1-2/h14-19H,1-13H2;1-2H3. The molecule has 4 saturated carbocycles. The predicted molar refractivity (Wildman–Crippen MR) is 92.3 cm³/mol. The zero-order valence-electron chi connectivity index (χ0n) is 14.7. The Morgan fingerprint density at radius 3 is 1.29 bits per heavy atom. The predicted octanol–water partition coefficient (Wildman–Crippen LogP) is 6.84. The molecule has 0 aromatic rings. The van der Waals surface area contributed by atoms with Crippen LogP contribution in [0.3, 0.4) is 0 Å². The van der Waals surface area contributed by atoms with Crippen molar-refractivity contribution in [2.24, 2.45) is 35.5 Å². The van der Waals surface area contributed by atoms with Crippen LogP contribution in [-0.2, 0) is 0 Å². The molecule has 122 valence electrons. The monoisotopic (exact) mass is 290 g/mol. The minimum atomic E-state index is 1.14. The molecule has 0 heteroatoms. The van der Waals surface area contributed by atoms with E-state index in [4.69, 9.17) is 0 Å². The summed E-state index contributed by atoms with van der Waals surface area (Å²) >= 11 is 0. The van der Waals surface area contributed by atoms with Gasteiger partial charge in [-0.05, 0) is 67.6 Å². The number of hydrogen-bond donors (Lipinski definition) is 0. The summed E-state index contributed by atoms with van der Waals surface area (Å²) in [6.07, 6.45) is 20.6. The average molecular weight is 291 g/mol. The van der Waals surface area contributed by atoms with Gasteiger partial charge >= 0.3 is 0 Å². The number of hydrogen-bond acceptors (Lipinski definition) is 0. The molecule has 4 aliphatic carbocycles. The van der Waals surface area contributed by atoms with Crippen LogP contribution in [0.4, 0.5) is 0 Å². The molecule has 0 aliphatic heterocycles. The van der Waals surface area contributed by atoms with Gasteiger partial charge in [-0.1, -0.05) is 65.2 Å². The fourth-order valence-corrected chi connectivity index (χ4v) is 6.50. The summed E-state index contributed by atoms with van der Waals surface area (Å²) in [5.41, 5.74) is 0. The van der Waals surface area contributed by atoms with Crippen LogP contribution >= 0.6 is 0 Å². The van der Waals surface area contributed by atoms with E-state index in [-0.39, 0.29) is 0 Å². The molecule has 0 heterocycles. The van der Waals surface area contributed by atoms with Crippen LogP contribution in [0, 0.1) is 35.5 Å². The summed E-state index contributed by atoms with van der Waals surface area (Å²) < 4.78 is 0. The van der Waals surface area contributed by atoms with E-state index in [2.05, 4.69) is 0 Å². The highest BCUT2D eigenvalue weighted by Gasteiger charge is 2.41. The third-order valence-corrected chi connectivity index (χ3v) is 7.52. The highest BCUT2D eigenvalue weighted by molar-refractivity contribution is 4.92. The van der Waals surface area contributed by atoms with E-state index >= 15 is 0 Å². The third kappa shape index (κ3) is 3.50. The lowest BCUT2D eigenvalue weighted by Crippen LogP contribution is -2.34. The fraction of sp³-hybridized carbons (Fsp3) is 1.00. The van der Waals surface area contributed by atoms with Crippen molar-refractivity contribution >= 4 is 0 Å². The van der Waals surface area contributed by atoms with Crippen molar-refractivity contribution in [2.45, 2.75) is 97.3 Å². The molecule has 0 aromatic heterocycles. The second kappa shape index (κ2) is 7.51. The van der Waals surface area contributed by atoms with Crippen molar-refractivity contribution in [2.75, 3.05) is 0 Å². The average Bonchev–Trinajstić information content (AvgIpc) is 2.73. The lowest BCUT2D eigenvalue weighted by atomic mass is 9.61. The minimum absolute atomic E-state index is 1.14. The van der Waals surface area contributed by atoms with E-state index < -0.39 is 0 Å². The van der Waals surface area contributed by atoms with Gasteiger partial charge < -0.3 is 0 Å². The van der Waals surface area contributed by atoms with Gasteiger partial charge in [-0.25, -0.2) is 0 Å². The van der Waals surface area contributed by atoms with E-state index in [1.54, 1.807) is 83.5 Å². The summed E-state index contributed by atoms with van der Waals surface area (Å²) in [5, 5.41) is 0. The van der Waals surface area contributed by atoms with Crippen molar-refractivity contribution in [3.05, 3.63) is 0 Å². The molecule has 4 rings (SSSR count). The first kappa shape index (κ1) is 15.9. The third-order valence-electron chi connectivity index (χ3n) is 7.52. The zero-order chi connectivity index (χ0) is 14.7. The lowest BCUT2D eigenvalue weighted by molar-refractivity contribution is 0.0663. The van der Waals surface area contributed by atoms with E-state index in [1.807, 2.05) is 13.8 Å². The summed E-state index contributed by atoms with van der Waals surface area (Å²) in [5.74, 6) is 6.87. The lowest BCUT2D eigenvalue weighted by Gasteiger charge is -2.44. The second-order valence-corrected chi connectivity index (χ2v) is 8.41. The van der Waals surface area contributed by atoms with Crippen LogP contribution in [0.15, 0.2) is 0 Å². The molecule has 21 heavy (non-hydrogen) atoms. The Balaban J connectivity index is 0.000000636. The summed E-state index contributed by atoms with van der Waals surface area (Å²) in [4.78, 5) is 0. The van der Waals surface area contributed by atoms with Gasteiger partial charge in [-0.3, -0.25) is 0 Å². The molecule has 0 bridgehead atoms. The van der Waals surface area contributed by atoms with Crippen LogP contribution in [0.5, 0.6) is 0 Å². The first-order valence-corrected chi connectivity index (χ1v) is 10.4. The summed E-state index contributed by atoms with van der Waals surface area (Å²) in [6, 6.07) is 0. The highest BCUT2D eigenvalue weighted by Crippen LogP contribution is 2.52. The molecular formula is C21H38. The Hall–Kier alpha value is 0. The largest absolute Gasteiger partial charge is 0.0683 e. The second-order valence-electron chi connectivity index (χ2n) is 8.41. The van der Waals surface area contributed by atoms with Crippen LogP contribution in [-0.4, -0.2) is 0 Å². The molecule has 0 nitrogen and oxygen atoms in total. The Labute approximate surface area is 133 Å². The van der Waals surface area contributed by atoms with Gasteiger partial charge in [0.1, 0.15) is 0 Å². The molecule has 0 saturated heterocycles. The van der Waals surface area contributed by atoms with E-state index in [0.29, 0.717) is 0 Å². The zero-order valence-corrected chi connectivity index (χ0v) is 14.7. The van der Waals surface area contributed by atoms with E-state index in [0.717, 1.165) is 35.5 Å². The maximum Gasteiger partial charge on any atom is -0.0380 e. The first-order chi connectivity index (χ1) is 10.4. The molecule has 0 aromatic carbocycles. The number of fused-ring (bicyclic) bond motifs is 3. The Kier molecular flexibility index (Phi) is 5.68. The highest BCUT2D eigenvalue weighted by atomic mass is 14.5. The van der Waals surface area contributed by atoms with E-state index in [1.165, 1.54) is 0 Å². The maximum atomic E-state index is 2.00. The summed E-state index contributed by atoms with van der Waals surface area (Å²) in [6.45, 7) is 4.00. The SMILES string of the molecule is C1CCC2CC3CC4CCCCC4CC3CCC2C1.CC. The van der Waals surface area contributed by atoms with Crippen LogP contribution in [0.25, 0.3) is 0 Å². The van der Waals surface area contributed by atoms with Crippen molar-refractivity contribution in [3.63, 3.8) is 0 Å². The molecule has 0 N–H and O–H groups in total. The molecule has 4 aliphatic rings. The molecule has 0 spiro atoms. The van der Waals surface area contributed by atoms with Crippen molar-refractivity contribution in [3.8, 4) is 0 Å². The van der Waals surface area contributed by atoms with Crippen molar-refractivity contribution in [1.29, 1.82) is 0 Å². The van der Waals surface area contributed by atoms with Crippen molar-refractivity contribution in [1.82, 2.24) is 0 Å². The van der Waals surface area contributed by atoms with Crippen LogP contribution in [0.2, 0.25) is 0 Å². The summed E-state index contributed by atoms with van der Waals surface area (Å²) in [7, 11) is 0. The Morgan fingerprint density at radius 1 is 0.381 bits per heavy atom. The smallest absolute Gasteiger partial charge is 0.0380 e.